The van der Waals surface area contributed by atoms with Crippen molar-refractivity contribution in [3.05, 3.63) is 59.9 Å². The Hall–Kier alpha value is -2.01. The molecule has 122 valence electrons. The van der Waals surface area contributed by atoms with Gasteiger partial charge in [-0.25, -0.2) is 8.78 Å². The first-order valence-corrected chi connectivity index (χ1v) is 7.97. The van der Waals surface area contributed by atoms with Crippen molar-refractivity contribution in [3.8, 4) is 0 Å². The van der Waals surface area contributed by atoms with Crippen LogP contribution < -0.4 is 10.2 Å². The van der Waals surface area contributed by atoms with Crippen molar-refractivity contribution in [2.75, 3.05) is 24.5 Å². The lowest BCUT2D eigenvalue weighted by atomic mass is 10.1. The highest BCUT2D eigenvalue weighted by molar-refractivity contribution is 5.47. The van der Waals surface area contributed by atoms with Crippen molar-refractivity contribution in [1.82, 2.24) is 10.3 Å². The molecule has 0 saturated carbocycles. The average molecular weight is 317 g/mol. The lowest BCUT2D eigenvalue weighted by molar-refractivity contribution is 0.472. The Bertz CT molecular complexity index is 648. The van der Waals surface area contributed by atoms with Gasteiger partial charge < -0.3 is 10.2 Å². The zero-order chi connectivity index (χ0) is 16.2. The van der Waals surface area contributed by atoms with Crippen LogP contribution in [0.5, 0.6) is 0 Å². The van der Waals surface area contributed by atoms with E-state index >= 15 is 0 Å². The maximum Gasteiger partial charge on any atom is 0.160 e. The normalized spacial score (nSPS) is 19.1. The van der Waals surface area contributed by atoms with E-state index in [0.29, 0.717) is 5.92 Å². The standard InChI is InChI=1S/C18H21F2N3/c1-13(15-3-2-7-21-11-15)22-10-14-6-8-23(12-14)16-4-5-17(19)18(20)9-16/h2-5,7,9,11,13-14,22H,6,8,10,12H2,1H3. The van der Waals surface area contributed by atoms with E-state index in [0.717, 1.165) is 31.7 Å². The Morgan fingerprint density at radius 1 is 1.30 bits per heavy atom. The molecular weight excluding hydrogens is 296 g/mol. The highest BCUT2D eigenvalue weighted by atomic mass is 19.2. The fourth-order valence-electron chi connectivity index (χ4n) is 3.01. The summed E-state index contributed by atoms with van der Waals surface area (Å²) < 4.78 is 26.4. The average Bonchev–Trinajstić information content (AvgIpc) is 3.05. The number of hydrogen-bond acceptors (Lipinski definition) is 3. The van der Waals surface area contributed by atoms with Gasteiger partial charge in [-0.2, -0.15) is 0 Å². The SMILES string of the molecule is CC(NCC1CCN(c2ccc(F)c(F)c2)C1)c1cccnc1. The number of pyridine rings is 1. The molecule has 1 N–H and O–H groups in total. The van der Waals surface area contributed by atoms with Crippen molar-refractivity contribution in [2.24, 2.45) is 5.92 Å². The largest absolute Gasteiger partial charge is 0.371 e. The van der Waals surface area contributed by atoms with Crippen LogP contribution in [-0.4, -0.2) is 24.6 Å². The maximum absolute atomic E-state index is 13.4. The summed E-state index contributed by atoms with van der Waals surface area (Å²) in [7, 11) is 0. The summed E-state index contributed by atoms with van der Waals surface area (Å²) in [6.45, 7) is 4.76. The first-order chi connectivity index (χ1) is 11.1. The van der Waals surface area contributed by atoms with Crippen molar-refractivity contribution < 1.29 is 8.78 Å². The lowest BCUT2D eigenvalue weighted by Gasteiger charge is -2.20. The first kappa shape index (κ1) is 15.9. The third-order valence-electron chi connectivity index (χ3n) is 4.45. The maximum atomic E-state index is 13.4. The molecule has 2 aromatic rings. The number of benzene rings is 1. The molecule has 1 aliphatic rings. The fourth-order valence-corrected chi connectivity index (χ4v) is 3.01. The summed E-state index contributed by atoms with van der Waals surface area (Å²) in [5, 5.41) is 3.53. The molecule has 1 aromatic heterocycles. The number of aromatic nitrogens is 1. The van der Waals surface area contributed by atoms with Gasteiger partial charge in [-0.05, 0) is 43.0 Å². The molecule has 2 heterocycles. The Balaban J connectivity index is 1.53. The molecule has 0 spiro atoms. The predicted molar refractivity (Wildman–Crippen MR) is 87.3 cm³/mol. The second kappa shape index (κ2) is 7.04. The molecule has 1 aliphatic heterocycles. The van der Waals surface area contributed by atoms with Crippen LogP contribution in [0.1, 0.15) is 24.9 Å². The van der Waals surface area contributed by atoms with Crippen LogP contribution in [0.25, 0.3) is 0 Å². The van der Waals surface area contributed by atoms with Crippen molar-refractivity contribution >= 4 is 5.69 Å². The lowest BCUT2D eigenvalue weighted by Crippen LogP contribution is -2.28. The summed E-state index contributed by atoms with van der Waals surface area (Å²) >= 11 is 0. The number of anilines is 1. The second-order valence-corrected chi connectivity index (χ2v) is 6.12. The van der Waals surface area contributed by atoms with E-state index < -0.39 is 11.6 Å². The Labute approximate surface area is 135 Å². The van der Waals surface area contributed by atoms with Gasteiger partial charge in [-0.1, -0.05) is 6.07 Å². The molecule has 0 radical (unpaired) electrons. The van der Waals surface area contributed by atoms with E-state index in [1.807, 2.05) is 12.3 Å². The first-order valence-electron chi connectivity index (χ1n) is 7.97. The van der Waals surface area contributed by atoms with E-state index in [1.165, 1.54) is 17.7 Å². The molecule has 2 atom stereocenters. The molecule has 1 fully saturated rings. The zero-order valence-electron chi connectivity index (χ0n) is 13.2. The summed E-state index contributed by atoms with van der Waals surface area (Å²) in [5.41, 5.74) is 1.93. The van der Waals surface area contributed by atoms with Gasteiger partial charge in [0.1, 0.15) is 0 Å². The van der Waals surface area contributed by atoms with Crippen LogP contribution in [-0.2, 0) is 0 Å². The molecule has 1 saturated heterocycles. The topological polar surface area (TPSA) is 28.2 Å². The van der Waals surface area contributed by atoms with Crippen LogP contribution in [0, 0.1) is 17.6 Å². The summed E-state index contributed by atoms with van der Waals surface area (Å²) in [6, 6.07) is 8.37. The summed E-state index contributed by atoms with van der Waals surface area (Å²) in [5.74, 6) is -1.08. The van der Waals surface area contributed by atoms with Crippen LogP contribution in [0.3, 0.4) is 0 Å². The van der Waals surface area contributed by atoms with Gasteiger partial charge in [0, 0.05) is 49.8 Å². The van der Waals surface area contributed by atoms with E-state index in [9.17, 15) is 8.78 Å². The molecule has 3 rings (SSSR count). The molecular formula is C18H21F2N3. The third-order valence-corrected chi connectivity index (χ3v) is 4.45. The zero-order valence-corrected chi connectivity index (χ0v) is 13.2. The monoisotopic (exact) mass is 317 g/mol. The van der Waals surface area contributed by atoms with Crippen molar-refractivity contribution in [2.45, 2.75) is 19.4 Å². The smallest absolute Gasteiger partial charge is 0.160 e. The molecule has 0 amide bonds. The third kappa shape index (κ3) is 3.85. The minimum absolute atomic E-state index is 0.251. The number of nitrogens with one attached hydrogen (secondary N) is 1. The highest BCUT2D eigenvalue weighted by Gasteiger charge is 2.23. The van der Waals surface area contributed by atoms with Gasteiger partial charge in [0.2, 0.25) is 0 Å². The minimum atomic E-state index is -0.795. The van der Waals surface area contributed by atoms with Gasteiger partial charge in [0.05, 0.1) is 0 Å². The molecule has 1 aromatic carbocycles. The Morgan fingerprint density at radius 3 is 2.91 bits per heavy atom. The van der Waals surface area contributed by atoms with Gasteiger partial charge in [0.15, 0.2) is 11.6 Å². The predicted octanol–water partition coefficient (Wildman–Crippen LogP) is 3.54. The van der Waals surface area contributed by atoms with Crippen LogP contribution in [0.4, 0.5) is 14.5 Å². The highest BCUT2D eigenvalue weighted by Crippen LogP contribution is 2.25. The molecule has 0 bridgehead atoms. The van der Waals surface area contributed by atoms with Gasteiger partial charge >= 0.3 is 0 Å². The quantitative estimate of drug-likeness (QED) is 0.914. The van der Waals surface area contributed by atoms with Crippen LogP contribution in [0.2, 0.25) is 0 Å². The van der Waals surface area contributed by atoms with Crippen molar-refractivity contribution in [1.29, 1.82) is 0 Å². The van der Waals surface area contributed by atoms with E-state index in [-0.39, 0.29) is 6.04 Å². The molecule has 0 aliphatic carbocycles. The van der Waals surface area contributed by atoms with Gasteiger partial charge in [-0.15, -0.1) is 0 Å². The van der Waals surface area contributed by atoms with E-state index in [1.54, 1.807) is 12.3 Å². The van der Waals surface area contributed by atoms with Crippen LogP contribution >= 0.6 is 0 Å². The second-order valence-electron chi connectivity index (χ2n) is 6.12. The van der Waals surface area contributed by atoms with E-state index in [4.69, 9.17) is 0 Å². The fraction of sp³-hybridized carbons (Fsp3) is 0.389. The number of halogens is 2. The van der Waals surface area contributed by atoms with E-state index in [2.05, 4.69) is 28.2 Å². The van der Waals surface area contributed by atoms with Crippen molar-refractivity contribution in [3.63, 3.8) is 0 Å². The molecule has 3 nitrogen and oxygen atoms in total. The van der Waals surface area contributed by atoms with Gasteiger partial charge in [0.25, 0.3) is 0 Å². The Morgan fingerprint density at radius 2 is 2.17 bits per heavy atom. The van der Waals surface area contributed by atoms with Gasteiger partial charge in [-0.3, -0.25) is 4.98 Å². The molecule has 2 unspecified atom stereocenters. The number of hydrogen-bond donors (Lipinski definition) is 1. The number of nitrogens with zero attached hydrogens (tertiary/aromatic N) is 2. The minimum Gasteiger partial charge on any atom is -0.371 e. The Kier molecular flexibility index (Phi) is 4.86. The molecule has 23 heavy (non-hydrogen) atoms. The number of rotatable bonds is 5. The molecule has 5 heteroatoms. The van der Waals surface area contributed by atoms with Crippen LogP contribution in [0.15, 0.2) is 42.7 Å². The summed E-state index contributed by atoms with van der Waals surface area (Å²) in [4.78, 5) is 6.25. The summed E-state index contributed by atoms with van der Waals surface area (Å²) in [6.07, 6.45) is 4.69.